The molecular weight excluding hydrogens is 200 g/mol. The van der Waals surface area contributed by atoms with E-state index in [-0.39, 0.29) is 0 Å². The summed E-state index contributed by atoms with van der Waals surface area (Å²) in [6.45, 7) is 15.0. The maximum absolute atomic E-state index is 3.25. The molecule has 0 aliphatic heterocycles. The first kappa shape index (κ1) is 22.9. The molecule has 0 spiro atoms. The Bertz CT molecular complexity index is 8.49. The summed E-state index contributed by atoms with van der Waals surface area (Å²) in [6.07, 6.45) is 0. The van der Waals surface area contributed by atoms with E-state index in [0.717, 1.165) is 0 Å². The van der Waals surface area contributed by atoms with Crippen LogP contribution in [0.2, 0.25) is 0 Å². The summed E-state index contributed by atoms with van der Waals surface area (Å²) in [4.78, 5) is 0. The van der Waals surface area contributed by atoms with E-state index >= 15 is 0 Å². The van der Waals surface area contributed by atoms with E-state index in [2.05, 4.69) is 33.9 Å². The maximum atomic E-state index is 3.25. The molecule has 0 radical (unpaired) electrons. The molecular formula is C6H15BrTi. The second kappa shape index (κ2) is 297. The van der Waals surface area contributed by atoms with Gasteiger partial charge in [0.1, 0.15) is 0 Å². The first-order valence-electron chi connectivity index (χ1n) is 2.31. The van der Waals surface area contributed by atoms with E-state index in [1.54, 1.807) is 20.8 Å². The molecule has 2 heteroatoms. The molecule has 0 aromatic carbocycles. The van der Waals surface area contributed by atoms with Crippen molar-refractivity contribution in [2.45, 2.75) is 20.8 Å². The summed E-state index contributed by atoms with van der Waals surface area (Å²) < 4.78 is 0. The van der Waals surface area contributed by atoms with Crippen molar-refractivity contribution in [1.82, 2.24) is 0 Å². The summed E-state index contributed by atoms with van der Waals surface area (Å²) in [5, 5.41) is 0. The molecule has 0 saturated carbocycles. The zero-order valence-electron chi connectivity index (χ0n) is 6.00. The quantitative estimate of drug-likeness (QED) is 0.429. The van der Waals surface area contributed by atoms with Gasteiger partial charge in [0.15, 0.2) is 0 Å². The molecule has 0 amide bonds. The van der Waals surface area contributed by atoms with Crippen molar-refractivity contribution in [1.29, 1.82) is 0 Å². The van der Waals surface area contributed by atoms with Crippen molar-refractivity contribution >= 4 is 13.2 Å². The summed E-state index contributed by atoms with van der Waals surface area (Å²) >= 11 is 4.75. The van der Waals surface area contributed by atoms with E-state index in [9.17, 15) is 0 Å². The molecule has 0 aliphatic rings. The molecule has 0 saturated heterocycles. The molecule has 0 atom stereocenters. The van der Waals surface area contributed by atoms with E-state index in [0.29, 0.717) is 0 Å². The van der Waals surface area contributed by atoms with Gasteiger partial charge in [0.05, 0.1) is 0 Å². The Morgan fingerprint density at radius 2 is 0.750 bits per heavy atom. The molecule has 0 aliphatic carbocycles. The number of hydrogen-bond acceptors (Lipinski definition) is 0. The van der Waals surface area contributed by atoms with Gasteiger partial charge in [-0.25, -0.2) is 0 Å². The van der Waals surface area contributed by atoms with Gasteiger partial charge in [-0.05, 0) is 0 Å². The van der Waals surface area contributed by atoms with Crippen LogP contribution >= 0.6 is 13.2 Å². The third-order valence-electron chi connectivity index (χ3n) is 0. The summed E-state index contributed by atoms with van der Waals surface area (Å²) in [5.41, 5.74) is 0. The standard InChI is InChI=1S/3C2H5.BrH.Ti/c3*1-2;;/h3*1H2,2H3;1H;/q3*-1;;+4/p-1. The fraction of sp³-hybridized carbons (Fsp3) is 0.500. The summed E-state index contributed by atoms with van der Waals surface area (Å²) in [5.74, 6) is 0. The van der Waals surface area contributed by atoms with Gasteiger partial charge < -0.3 is 20.8 Å². The van der Waals surface area contributed by atoms with E-state index < -0.39 is 0 Å². The predicted octanol–water partition coefficient (Wildman–Crippen LogP) is 3.36. The second-order valence-corrected chi connectivity index (χ2v) is 0. The van der Waals surface area contributed by atoms with Gasteiger partial charge in [0, 0.05) is 0 Å². The van der Waals surface area contributed by atoms with Crippen molar-refractivity contribution in [3.05, 3.63) is 20.8 Å². The molecule has 0 heterocycles. The van der Waals surface area contributed by atoms with Gasteiger partial charge in [0.25, 0.3) is 0 Å². The monoisotopic (exact) mass is 214 g/mol. The van der Waals surface area contributed by atoms with Gasteiger partial charge in [-0.3, -0.25) is 0 Å². The van der Waals surface area contributed by atoms with Gasteiger partial charge in [-0.2, -0.15) is 20.8 Å². The van der Waals surface area contributed by atoms with Crippen molar-refractivity contribution < 1.29 is 18.3 Å². The molecule has 8 heavy (non-hydrogen) atoms. The van der Waals surface area contributed by atoms with E-state index in [1.807, 2.05) is 18.3 Å². The fourth-order valence-corrected chi connectivity index (χ4v) is 0. The van der Waals surface area contributed by atoms with Crippen LogP contribution in [-0.2, 0) is 18.3 Å². The summed E-state index contributed by atoms with van der Waals surface area (Å²) in [6, 6.07) is 0. The van der Waals surface area contributed by atoms with Crippen LogP contribution in [0.3, 0.4) is 0 Å². The van der Waals surface area contributed by atoms with Crippen LogP contribution in [0.15, 0.2) is 0 Å². The fourth-order valence-electron chi connectivity index (χ4n) is 0. The minimum absolute atomic E-state index is 1.75. The first-order chi connectivity index (χ1) is 4.00. The van der Waals surface area contributed by atoms with Gasteiger partial charge >= 0.3 is 31.5 Å². The molecule has 0 unspecified atom stereocenters. The molecule has 0 aromatic rings. The van der Waals surface area contributed by atoms with Gasteiger partial charge in [0.2, 0.25) is 0 Å². The zero-order chi connectivity index (χ0) is 8.00. The minimum atomic E-state index is 1.75. The van der Waals surface area contributed by atoms with Crippen LogP contribution in [-0.4, -0.2) is 0 Å². The Morgan fingerprint density at radius 3 is 0.750 bits per heavy atom. The topological polar surface area (TPSA) is 0 Å². The Balaban J connectivity index is -0.0000000133. The molecule has 50 valence electrons. The average Bonchev–Trinajstić information content (AvgIpc) is 2.03. The van der Waals surface area contributed by atoms with Crippen LogP contribution in [0.25, 0.3) is 0 Å². The number of rotatable bonds is 0. The number of hydrogen-bond donors (Lipinski definition) is 0. The zero-order valence-corrected chi connectivity index (χ0v) is 9.15. The number of halogens is 1. The van der Waals surface area contributed by atoms with Crippen LogP contribution < -0.4 is 0 Å². The molecule has 0 bridgehead atoms. The van der Waals surface area contributed by atoms with Gasteiger partial charge in [-0.1, -0.05) is 0 Å². The van der Waals surface area contributed by atoms with Crippen LogP contribution in [0.5, 0.6) is 0 Å². The Labute approximate surface area is 72.9 Å². The van der Waals surface area contributed by atoms with Crippen molar-refractivity contribution in [3.63, 3.8) is 0 Å². The van der Waals surface area contributed by atoms with Crippen molar-refractivity contribution in [3.8, 4) is 0 Å². The average molecular weight is 215 g/mol. The molecule has 0 rings (SSSR count). The van der Waals surface area contributed by atoms with Crippen molar-refractivity contribution in [2.75, 3.05) is 0 Å². The van der Waals surface area contributed by atoms with Crippen LogP contribution in [0.4, 0.5) is 0 Å². The molecule has 0 aromatic heterocycles. The summed E-state index contributed by atoms with van der Waals surface area (Å²) in [7, 11) is 0. The van der Waals surface area contributed by atoms with E-state index in [1.165, 1.54) is 0 Å². The SMILES string of the molecule is [CH2-]C.[CH2-]C.[CH2-]C.[Ti+3][Br]. The molecule has 0 N–H and O–H groups in total. The molecule has 0 fully saturated rings. The Kier molecular flexibility index (Phi) is 850. The van der Waals surface area contributed by atoms with Crippen LogP contribution in [0.1, 0.15) is 20.8 Å². The Morgan fingerprint density at radius 1 is 0.750 bits per heavy atom. The Hall–Kier alpha value is 1.19. The van der Waals surface area contributed by atoms with E-state index in [4.69, 9.17) is 0 Å². The van der Waals surface area contributed by atoms with Gasteiger partial charge in [-0.15, -0.1) is 0 Å². The normalized spacial score (nSPS) is 3.12. The first-order valence-corrected chi connectivity index (χ1v) is 6.17. The van der Waals surface area contributed by atoms with Crippen LogP contribution in [0, 0.1) is 20.8 Å². The van der Waals surface area contributed by atoms with Crippen molar-refractivity contribution in [2.24, 2.45) is 0 Å². The third-order valence-corrected chi connectivity index (χ3v) is 0. The third kappa shape index (κ3) is 194. The second-order valence-electron chi connectivity index (χ2n) is 0. The molecule has 0 nitrogen and oxygen atoms in total. The predicted molar refractivity (Wildman–Crippen MR) is 42.0 cm³/mol.